The molecule has 0 saturated carbocycles. The zero-order chi connectivity index (χ0) is 37.0. The molecule has 56 heavy (non-hydrogen) atoms. The summed E-state index contributed by atoms with van der Waals surface area (Å²) in [4.78, 5) is 25.6. The maximum atomic E-state index is 6.60. The van der Waals surface area contributed by atoms with E-state index in [1.54, 1.807) is 11.3 Å². The largest absolute Gasteiger partial charge is 0.456 e. The topological polar surface area (TPSA) is 77.6 Å². The Morgan fingerprint density at radius 3 is 1.79 bits per heavy atom. The van der Waals surface area contributed by atoms with Crippen LogP contribution in [0, 0.1) is 0 Å². The van der Waals surface area contributed by atoms with Gasteiger partial charge in [-0.1, -0.05) is 146 Å². The number of hydrogen-bond acceptors (Lipinski definition) is 7. The number of furan rings is 1. The molecule has 11 aromatic rings. The van der Waals surface area contributed by atoms with Gasteiger partial charge in [-0.15, -0.1) is 11.3 Å². The number of aromatic nitrogens is 5. The third-order valence-corrected chi connectivity index (χ3v) is 11.3. The molecule has 7 aromatic carbocycles. The molecule has 4 aromatic heterocycles. The number of thiophene rings is 1. The molecule has 0 aliphatic rings. The fourth-order valence-corrected chi connectivity index (χ4v) is 8.63. The maximum Gasteiger partial charge on any atom is 0.164 e. The standard InChI is InChI=1S/C49H29N5OS/c1-4-14-30(15-5-1)33-20-12-21-34(28-33)48-52-46(32-18-8-3-9-19-32)53-49(54-48)38-23-13-24-39-42(38)36-27-26-35(29-40(36)55-39)47-50-43(31-16-6-2-7-17-31)45-44(51-47)37-22-10-11-25-41(37)56-45/h1-29H. The van der Waals surface area contributed by atoms with Crippen LogP contribution in [0.5, 0.6) is 0 Å². The number of hydrogen-bond donors (Lipinski definition) is 0. The predicted octanol–water partition coefficient (Wildman–Crippen LogP) is 12.9. The van der Waals surface area contributed by atoms with Gasteiger partial charge in [0.15, 0.2) is 23.3 Å². The van der Waals surface area contributed by atoms with Gasteiger partial charge in [-0.2, -0.15) is 0 Å². The summed E-state index contributed by atoms with van der Waals surface area (Å²) < 4.78 is 8.87. The van der Waals surface area contributed by atoms with Crippen molar-refractivity contribution in [2.75, 3.05) is 0 Å². The molecule has 11 rings (SSSR count). The van der Waals surface area contributed by atoms with E-state index in [0.29, 0.717) is 23.3 Å². The minimum absolute atomic E-state index is 0.571. The van der Waals surface area contributed by atoms with Gasteiger partial charge in [0.1, 0.15) is 11.2 Å². The van der Waals surface area contributed by atoms with Crippen LogP contribution in [0.4, 0.5) is 0 Å². The van der Waals surface area contributed by atoms with Crippen molar-refractivity contribution in [2.24, 2.45) is 0 Å². The number of nitrogens with zero attached hydrogens (tertiary/aromatic N) is 5. The second-order valence-corrected chi connectivity index (χ2v) is 14.7. The van der Waals surface area contributed by atoms with Crippen molar-refractivity contribution in [3.63, 3.8) is 0 Å². The first kappa shape index (κ1) is 32.1. The molecule has 0 fully saturated rings. The molecule has 0 bridgehead atoms. The molecule has 6 nitrogen and oxygen atoms in total. The third kappa shape index (κ3) is 5.52. The Morgan fingerprint density at radius 1 is 0.375 bits per heavy atom. The summed E-state index contributed by atoms with van der Waals surface area (Å²) >= 11 is 1.73. The highest BCUT2D eigenvalue weighted by Crippen LogP contribution is 2.41. The Hall–Kier alpha value is -7.35. The summed E-state index contributed by atoms with van der Waals surface area (Å²) in [6.07, 6.45) is 0. The quantitative estimate of drug-likeness (QED) is 0.169. The Labute approximate surface area is 325 Å². The van der Waals surface area contributed by atoms with E-state index in [2.05, 4.69) is 115 Å². The minimum atomic E-state index is 0.571. The van der Waals surface area contributed by atoms with Gasteiger partial charge in [0.05, 0.1) is 15.9 Å². The van der Waals surface area contributed by atoms with Gasteiger partial charge in [-0.25, -0.2) is 24.9 Å². The summed E-state index contributed by atoms with van der Waals surface area (Å²) in [5.74, 6) is 2.42. The van der Waals surface area contributed by atoms with Gasteiger partial charge in [-0.3, -0.25) is 0 Å². The Morgan fingerprint density at radius 2 is 0.982 bits per heavy atom. The highest BCUT2D eigenvalue weighted by molar-refractivity contribution is 7.26. The van der Waals surface area contributed by atoms with Crippen molar-refractivity contribution in [1.82, 2.24) is 24.9 Å². The van der Waals surface area contributed by atoms with E-state index < -0.39 is 0 Å². The fourth-order valence-electron chi connectivity index (χ4n) is 7.47. The van der Waals surface area contributed by atoms with Crippen LogP contribution in [-0.4, -0.2) is 24.9 Å². The second kappa shape index (κ2) is 13.2. The predicted molar refractivity (Wildman–Crippen MR) is 228 cm³/mol. The van der Waals surface area contributed by atoms with Crippen LogP contribution in [0.3, 0.4) is 0 Å². The smallest absolute Gasteiger partial charge is 0.164 e. The van der Waals surface area contributed by atoms with E-state index >= 15 is 0 Å². The van der Waals surface area contributed by atoms with Gasteiger partial charge in [0.25, 0.3) is 0 Å². The first-order chi connectivity index (χ1) is 27.7. The van der Waals surface area contributed by atoms with Crippen molar-refractivity contribution in [3.05, 3.63) is 176 Å². The van der Waals surface area contributed by atoms with E-state index in [1.165, 1.54) is 4.70 Å². The third-order valence-electron chi connectivity index (χ3n) is 10.2. The summed E-state index contributed by atoms with van der Waals surface area (Å²) in [7, 11) is 0. The molecule has 0 unspecified atom stereocenters. The average molecular weight is 736 g/mol. The van der Waals surface area contributed by atoms with Crippen LogP contribution in [-0.2, 0) is 0 Å². The lowest BCUT2D eigenvalue weighted by Gasteiger charge is -2.10. The van der Waals surface area contributed by atoms with Crippen LogP contribution in [0.15, 0.2) is 180 Å². The van der Waals surface area contributed by atoms with Crippen LogP contribution >= 0.6 is 11.3 Å². The molecular formula is C49H29N5OS. The highest BCUT2D eigenvalue weighted by atomic mass is 32.1. The number of fused-ring (bicyclic) bond motifs is 6. The first-order valence-corrected chi connectivity index (χ1v) is 19.2. The zero-order valence-electron chi connectivity index (χ0n) is 29.8. The summed E-state index contributed by atoms with van der Waals surface area (Å²) in [5, 5.41) is 3.02. The Bertz CT molecular complexity index is 3250. The molecule has 0 N–H and O–H groups in total. The molecular weight excluding hydrogens is 707 g/mol. The Balaban J connectivity index is 1.08. The minimum Gasteiger partial charge on any atom is -0.456 e. The molecule has 4 heterocycles. The number of benzene rings is 7. The monoisotopic (exact) mass is 735 g/mol. The van der Waals surface area contributed by atoms with Crippen molar-refractivity contribution >= 4 is 53.6 Å². The van der Waals surface area contributed by atoms with Crippen molar-refractivity contribution in [2.45, 2.75) is 0 Å². The first-order valence-electron chi connectivity index (χ1n) is 18.4. The lowest BCUT2D eigenvalue weighted by Crippen LogP contribution is -2.00. The van der Waals surface area contributed by atoms with Crippen molar-refractivity contribution in [3.8, 4) is 67.9 Å². The lowest BCUT2D eigenvalue weighted by atomic mass is 10.0. The second-order valence-electron chi connectivity index (χ2n) is 13.6. The van der Waals surface area contributed by atoms with E-state index in [9.17, 15) is 0 Å². The number of rotatable bonds is 6. The molecule has 0 aliphatic carbocycles. The molecule has 0 amide bonds. The summed E-state index contributed by atoms with van der Waals surface area (Å²) in [6, 6.07) is 59.8. The fraction of sp³-hybridized carbons (Fsp3) is 0. The van der Waals surface area contributed by atoms with E-state index in [4.69, 9.17) is 29.3 Å². The molecule has 0 radical (unpaired) electrons. The van der Waals surface area contributed by atoms with Gasteiger partial charge in [0, 0.05) is 48.7 Å². The normalized spacial score (nSPS) is 11.6. The zero-order valence-corrected chi connectivity index (χ0v) is 30.6. The molecule has 0 spiro atoms. The molecule has 0 aliphatic heterocycles. The van der Waals surface area contributed by atoms with E-state index in [-0.39, 0.29) is 0 Å². The van der Waals surface area contributed by atoms with Crippen LogP contribution in [0.25, 0.3) is 110 Å². The van der Waals surface area contributed by atoms with E-state index in [1.807, 2.05) is 60.7 Å². The van der Waals surface area contributed by atoms with Crippen LogP contribution < -0.4 is 0 Å². The van der Waals surface area contributed by atoms with Crippen LogP contribution in [0.2, 0.25) is 0 Å². The molecule has 262 valence electrons. The summed E-state index contributed by atoms with van der Waals surface area (Å²) in [6.45, 7) is 0. The van der Waals surface area contributed by atoms with Gasteiger partial charge >= 0.3 is 0 Å². The maximum absolute atomic E-state index is 6.60. The lowest BCUT2D eigenvalue weighted by molar-refractivity contribution is 0.669. The average Bonchev–Trinajstić information content (AvgIpc) is 3.85. The molecule has 7 heteroatoms. The van der Waals surface area contributed by atoms with Gasteiger partial charge in [-0.05, 0) is 41.5 Å². The van der Waals surface area contributed by atoms with Crippen molar-refractivity contribution < 1.29 is 4.42 Å². The van der Waals surface area contributed by atoms with E-state index in [0.717, 1.165) is 82.2 Å². The van der Waals surface area contributed by atoms with Gasteiger partial charge in [0.2, 0.25) is 0 Å². The van der Waals surface area contributed by atoms with Gasteiger partial charge < -0.3 is 4.42 Å². The summed E-state index contributed by atoms with van der Waals surface area (Å²) in [5.41, 5.74) is 10.2. The molecule has 0 saturated heterocycles. The van der Waals surface area contributed by atoms with Crippen LogP contribution in [0.1, 0.15) is 0 Å². The Kier molecular flexibility index (Phi) is 7.57. The van der Waals surface area contributed by atoms with Crippen molar-refractivity contribution in [1.29, 1.82) is 0 Å². The highest BCUT2D eigenvalue weighted by Gasteiger charge is 2.20. The SMILES string of the molecule is c1ccc(-c2cccc(-c3nc(-c4ccccc4)nc(-c4cccc5oc6cc(-c7nc(-c8ccccc8)c8sc9ccccc9c8n7)ccc6c45)n3)c2)cc1. The molecule has 0 atom stereocenters.